The highest BCUT2D eigenvalue weighted by molar-refractivity contribution is 5.87. The van der Waals surface area contributed by atoms with Crippen molar-refractivity contribution in [3.8, 4) is 11.8 Å². The van der Waals surface area contributed by atoms with Crippen molar-refractivity contribution in [2.45, 2.75) is 65.0 Å². The summed E-state index contributed by atoms with van der Waals surface area (Å²) in [6.07, 6.45) is 3.33. The zero-order valence-electron chi connectivity index (χ0n) is 23.2. The van der Waals surface area contributed by atoms with E-state index < -0.39 is 24.4 Å². The van der Waals surface area contributed by atoms with Crippen LogP contribution in [0.2, 0.25) is 0 Å². The molecule has 1 aliphatic rings. The molecule has 0 unspecified atom stereocenters. The van der Waals surface area contributed by atoms with E-state index in [0.29, 0.717) is 36.5 Å². The molecule has 1 fully saturated rings. The monoisotopic (exact) mass is 541 g/mol. The molecule has 39 heavy (non-hydrogen) atoms. The van der Waals surface area contributed by atoms with Gasteiger partial charge in [-0.2, -0.15) is 4.98 Å². The first-order valence-electron chi connectivity index (χ1n) is 13.1. The van der Waals surface area contributed by atoms with Crippen LogP contribution in [-0.4, -0.2) is 58.7 Å². The Morgan fingerprint density at radius 3 is 2.69 bits per heavy atom. The SMILES string of the molecule is C[C@@H](C(=O)CC1CC(C#Cc2cnc(Nc3cccc(F)c3)nc2NCCCF)C1)N(C)C(=O)OC(C)(C)C. The fourth-order valence-electron chi connectivity index (χ4n) is 4.00. The number of hydrogen-bond donors (Lipinski definition) is 2. The van der Waals surface area contributed by atoms with Gasteiger partial charge in [-0.05, 0) is 71.1 Å². The lowest BCUT2D eigenvalue weighted by molar-refractivity contribution is -0.125. The molecule has 0 spiro atoms. The second kappa shape index (κ2) is 13.4. The van der Waals surface area contributed by atoms with Crippen molar-refractivity contribution in [1.29, 1.82) is 0 Å². The van der Waals surface area contributed by atoms with Crippen LogP contribution in [0.15, 0.2) is 30.5 Å². The van der Waals surface area contributed by atoms with Crippen LogP contribution >= 0.6 is 0 Å². The van der Waals surface area contributed by atoms with E-state index in [4.69, 9.17) is 4.74 Å². The summed E-state index contributed by atoms with van der Waals surface area (Å²) in [6.45, 7) is 7.00. The molecule has 0 saturated heterocycles. The first kappa shape index (κ1) is 29.8. The predicted molar refractivity (Wildman–Crippen MR) is 147 cm³/mol. The van der Waals surface area contributed by atoms with E-state index in [2.05, 4.69) is 32.4 Å². The van der Waals surface area contributed by atoms with Gasteiger partial charge >= 0.3 is 6.09 Å². The Kier molecular flexibility index (Phi) is 10.2. The molecule has 1 aromatic heterocycles. The molecule has 2 N–H and O–H groups in total. The minimum absolute atomic E-state index is 0.00564. The number of nitrogens with one attached hydrogen (secondary N) is 2. The summed E-state index contributed by atoms with van der Waals surface area (Å²) in [6, 6.07) is 5.39. The standard InChI is InChI=1S/C29H37F2N5O3/c1-19(36(5)28(38)39-29(2,3)4)25(37)16-21-14-20(15-21)10-11-22-18-33-27(35-26(22)32-13-7-12-30)34-24-9-6-8-23(31)17-24/h6,8-9,17-21H,7,12-16H2,1-5H3,(H2,32,33,34,35)/t19-,20?,21?/m0/s1. The second-order valence-corrected chi connectivity index (χ2v) is 10.8. The number of likely N-dealkylation sites (N-methyl/N-ethyl adjacent to an activating group) is 1. The van der Waals surface area contributed by atoms with Crippen molar-refractivity contribution in [2.24, 2.45) is 11.8 Å². The van der Waals surface area contributed by atoms with Crippen molar-refractivity contribution in [3.63, 3.8) is 0 Å². The molecule has 1 saturated carbocycles. The third kappa shape index (κ3) is 9.20. The van der Waals surface area contributed by atoms with Crippen LogP contribution in [0.3, 0.4) is 0 Å². The van der Waals surface area contributed by atoms with Crippen molar-refractivity contribution in [2.75, 3.05) is 30.9 Å². The molecular formula is C29H37F2N5O3. The molecule has 0 bridgehead atoms. The molecule has 8 nitrogen and oxygen atoms in total. The number of ketones is 1. The summed E-state index contributed by atoms with van der Waals surface area (Å²) in [7, 11) is 1.58. The van der Waals surface area contributed by atoms with Crippen LogP contribution < -0.4 is 10.6 Å². The number of rotatable bonds is 10. The summed E-state index contributed by atoms with van der Waals surface area (Å²) in [5, 5.41) is 6.06. The van der Waals surface area contributed by atoms with Crippen molar-refractivity contribution in [3.05, 3.63) is 41.8 Å². The van der Waals surface area contributed by atoms with Crippen LogP contribution in [0.25, 0.3) is 0 Å². The Bertz CT molecular complexity index is 1220. The highest BCUT2D eigenvalue weighted by Gasteiger charge is 2.33. The molecule has 1 aliphatic carbocycles. The average molecular weight is 542 g/mol. The lowest BCUT2D eigenvalue weighted by Gasteiger charge is -2.33. The van der Waals surface area contributed by atoms with Crippen LogP contribution in [0.4, 0.5) is 31.0 Å². The average Bonchev–Trinajstić information content (AvgIpc) is 2.84. The van der Waals surface area contributed by atoms with E-state index in [-0.39, 0.29) is 29.4 Å². The molecule has 0 aliphatic heterocycles. The Morgan fingerprint density at radius 1 is 1.28 bits per heavy atom. The van der Waals surface area contributed by atoms with Gasteiger partial charge in [-0.25, -0.2) is 14.2 Å². The number of Topliss-reactive ketones (excluding diaryl/α,β-unsaturated/α-hetero) is 1. The third-order valence-electron chi connectivity index (χ3n) is 6.34. The van der Waals surface area contributed by atoms with Crippen molar-refractivity contribution >= 4 is 29.3 Å². The molecule has 1 aromatic carbocycles. The molecule has 3 rings (SSSR count). The van der Waals surface area contributed by atoms with Crippen LogP contribution in [0.5, 0.6) is 0 Å². The maximum absolute atomic E-state index is 13.5. The van der Waals surface area contributed by atoms with E-state index in [0.717, 1.165) is 12.8 Å². The summed E-state index contributed by atoms with van der Waals surface area (Å²) >= 11 is 0. The number of carbonyl (C=O) groups is 2. The summed E-state index contributed by atoms with van der Waals surface area (Å²) < 4.78 is 31.5. The van der Waals surface area contributed by atoms with Crippen LogP contribution in [0.1, 0.15) is 58.9 Å². The number of anilines is 3. The van der Waals surface area contributed by atoms with Gasteiger partial charge in [-0.3, -0.25) is 9.18 Å². The number of alkyl halides is 1. The van der Waals surface area contributed by atoms with Gasteiger partial charge in [0.25, 0.3) is 0 Å². The molecule has 210 valence electrons. The quantitative estimate of drug-likeness (QED) is 0.293. The van der Waals surface area contributed by atoms with E-state index in [1.807, 2.05) is 0 Å². The van der Waals surface area contributed by atoms with E-state index >= 15 is 0 Å². The summed E-state index contributed by atoms with van der Waals surface area (Å²) in [5.74, 6) is 7.04. The normalized spacial score (nSPS) is 17.2. The predicted octanol–water partition coefficient (Wildman–Crippen LogP) is 5.72. The number of carbonyl (C=O) groups excluding carboxylic acids is 2. The molecule has 1 amide bonds. The van der Waals surface area contributed by atoms with Crippen LogP contribution in [0, 0.1) is 29.5 Å². The van der Waals surface area contributed by atoms with Crippen LogP contribution in [-0.2, 0) is 9.53 Å². The van der Waals surface area contributed by atoms with E-state index in [9.17, 15) is 18.4 Å². The fourth-order valence-corrected chi connectivity index (χ4v) is 4.00. The lowest BCUT2D eigenvalue weighted by atomic mass is 9.72. The van der Waals surface area contributed by atoms with Gasteiger partial charge in [0.05, 0.1) is 24.5 Å². The van der Waals surface area contributed by atoms with Gasteiger partial charge in [0, 0.05) is 31.6 Å². The lowest BCUT2D eigenvalue weighted by Crippen LogP contribution is -2.44. The van der Waals surface area contributed by atoms with Gasteiger partial charge in [0.2, 0.25) is 5.95 Å². The topological polar surface area (TPSA) is 96.5 Å². The van der Waals surface area contributed by atoms with Gasteiger partial charge < -0.3 is 20.3 Å². The minimum Gasteiger partial charge on any atom is -0.444 e. The second-order valence-electron chi connectivity index (χ2n) is 10.8. The van der Waals surface area contributed by atoms with Gasteiger partial charge in [0.1, 0.15) is 17.2 Å². The smallest absolute Gasteiger partial charge is 0.410 e. The number of amides is 1. The maximum atomic E-state index is 13.5. The van der Waals surface area contributed by atoms with Gasteiger partial charge in [-0.15, -0.1) is 0 Å². The number of benzene rings is 1. The number of nitrogens with zero attached hydrogens (tertiary/aromatic N) is 3. The maximum Gasteiger partial charge on any atom is 0.410 e. The highest BCUT2D eigenvalue weighted by atomic mass is 19.1. The Hall–Kier alpha value is -3.74. The van der Waals surface area contributed by atoms with Crippen molar-refractivity contribution < 1.29 is 23.1 Å². The summed E-state index contributed by atoms with van der Waals surface area (Å²) in [4.78, 5) is 35.1. The molecule has 2 aromatic rings. The number of ether oxygens (including phenoxy) is 1. The molecule has 1 atom stereocenters. The largest absolute Gasteiger partial charge is 0.444 e. The zero-order chi connectivity index (χ0) is 28.6. The van der Waals surface area contributed by atoms with E-state index in [1.165, 1.54) is 17.0 Å². The third-order valence-corrected chi connectivity index (χ3v) is 6.34. The molecule has 0 radical (unpaired) electrons. The minimum atomic E-state index is -0.625. The van der Waals surface area contributed by atoms with E-state index in [1.54, 1.807) is 53.1 Å². The molecule has 1 heterocycles. The fraction of sp³-hybridized carbons (Fsp3) is 0.517. The first-order valence-corrected chi connectivity index (χ1v) is 13.1. The Labute approximate surface area is 228 Å². The van der Waals surface area contributed by atoms with Crippen molar-refractivity contribution in [1.82, 2.24) is 14.9 Å². The number of aromatic nitrogens is 2. The molecular weight excluding hydrogens is 504 g/mol. The Morgan fingerprint density at radius 2 is 2.03 bits per heavy atom. The number of halogens is 2. The first-order chi connectivity index (χ1) is 18.4. The Balaban J connectivity index is 1.57. The number of hydrogen-bond acceptors (Lipinski definition) is 7. The highest BCUT2D eigenvalue weighted by Crippen LogP contribution is 2.36. The molecule has 10 heteroatoms. The van der Waals surface area contributed by atoms with Gasteiger partial charge in [-0.1, -0.05) is 17.9 Å². The zero-order valence-corrected chi connectivity index (χ0v) is 23.2. The summed E-state index contributed by atoms with van der Waals surface area (Å²) in [5.41, 5.74) is 0.454. The van der Waals surface area contributed by atoms with Gasteiger partial charge in [0.15, 0.2) is 5.78 Å².